The molecule has 0 aliphatic carbocycles. The SMILES string of the molecule is COc1ccc(C)cc1C[NH+]1CC[NH+](CC(=O)N(C)CC(=O)NCc2ccco2)CC1. The molecule has 3 N–H and O–H groups in total. The number of carbonyl (C=O) groups is 2. The van der Waals surface area contributed by atoms with Gasteiger partial charge in [-0.3, -0.25) is 9.59 Å². The highest BCUT2D eigenvalue weighted by molar-refractivity contribution is 5.84. The van der Waals surface area contributed by atoms with E-state index in [9.17, 15) is 9.59 Å². The van der Waals surface area contributed by atoms with Gasteiger partial charge in [-0.2, -0.15) is 0 Å². The van der Waals surface area contributed by atoms with Crippen molar-refractivity contribution in [2.45, 2.75) is 20.0 Å². The Balaban J connectivity index is 1.39. The number of carbonyl (C=O) groups excluding carboxylic acids is 2. The van der Waals surface area contributed by atoms with Crippen molar-refractivity contribution in [2.75, 3.05) is 53.4 Å². The lowest BCUT2D eigenvalue weighted by Gasteiger charge is -2.30. The van der Waals surface area contributed by atoms with E-state index in [0.717, 1.165) is 38.5 Å². The molecule has 2 amide bonds. The summed E-state index contributed by atoms with van der Waals surface area (Å²) in [5, 5.41) is 2.77. The number of hydrogen-bond donors (Lipinski definition) is 3. The fourth-order valence-electron chi connectivity index (χ4n) is 3.93. The molecule has 1 aliphatic heterocycles. The summed E-state index contributed by atoms with van der Waals surface area (Å²) >= 11 is 0. The number of hydrogen-bond acceptors (Lipinski definition) is 4. The average molecular weight is 431 g/mol. The molecule has 31 heavy (non-hydrogen) atoms. The van der Waals surface area contributed by atoms with E-state index >= 15 is 0 Å². The minimum absolute atomic E-state index is 0.00745. The first-order valence-corrected chi connectivity index (χ1v) is 10.8. The van der Waals surface area contributed by atoms with E-state index in [1.165, 1.54) is 25.8 Å². The summed E-state index contributed by atoms with van der Waals surface area (Å²) in [6.07, 6.45) is 1.57. The van der Waals surface area contributed by atoms with Crippen molar-refractivity contribution in [3.05, 3.63) is 53.5 Å². The van der Waals surface area contributed by atoms with Crippen LogP contribution in [0.25, 0.3) is 0 Å². The molecule has 3 rings (SSSR count). The molecule has 0 unspecified atom stereocenters. The van der Waals surface area contributed by atoms with Gasteiger partial charge < -0.3 is 29.2 Å². The summed E-state index contributed by atoms with van der Waals surface area (Å²) in [5.74, 6) is 1.43. The molecule has 0 atom stereocenters. The molecule has 0 bridgehead atoms. The second kappa shape index (κ2) is 11.0. The van der Waals surface area contributed by atoms with Gasteiger partial charge in [-0.1, -0.05) is 11.6 Å². The summed E-state index contributed by atoms with van der Waals surface area (Å²) in [5.41, 5.74) is 2.47. The number of aryl methyl sites for hydroxylation is 1. The summed E-state index contributed by atoms with van der Waals surface area (Å²) in [6.45, 7) is 7.72. The summed E-state index contributed by atoms with van der Waals surface area (Å²) in [4.78, 5) is 28.9. The fraction of sp³-hybridized carbons (Fsp3) is 0.478. The van der Waals surface area contributed by atoms with Gasteiger partial charge in [-0.25, -0.2) is 0 Å². The van der Waals surface area contributed by atoms with Crippen LogP contribution in [0.15, 0.2) is 41.0 Å². The molecule has 1 saturated heterocycles. The maximum Gasteiger partial charge on any atom is 0.277 e. The van der Waals surface area contributed by atoms with Crippen LogP contribution in [0.3, 0.4) is 0 Å². The maximum atomic E-state index is 12.6. The average Bonchev–Trinajstić information content (AvgIpc) is 3.27. The number of nitrogens with one attached hydrogen (secondary N) is 3. The highest BCUT2D eigenvalue weighted by Crippen LogP contribution is 2.18. The van der Waals surface area contributed by atoms with Crippen molar-refractivity contribution >= 4 is 11.8 Å². The summed E-state index contributed by atoms with van der Waals surface area (Å²) in [7, 11) is 3.39. The maximum absolute atomic E-state index is 12.6. The number of likely N-dealkylation sites (N-methyl/N-ethyl adjacent to an activating group) is 1. The van der Waals surface area contributed by atoms with Crippen molar-refractivity contribution in [3.8, 4) is 5.75 Å². The van der Waals surface area contributed by atoms with E-state index in [1.54, 1.807) is 32.6 Å². The van der Waals surface area contributed by atoms with Gasteiger partial charge in [-0.05, 0) is 31.2 Å². The van der Waals surface area contributed by atoms with Crippen LogP contribution in [0.1, 0.15) is 16.9 Å². The highest BCUT2D eigenvalue weighted by atomic mass is 16.5. The predicted octanol–water partition coefficient (Wildman–Crippen LogP) is -1.35. The molecule has 0 saturated carbocycles. The number of ether oxygens (including phenoxy) is 1. The van der Waals surface area contributed by atoms with Gasteiger partial charge in [0, 0.05) is 12.6 Å². The molecule has 1 fully saturated rings. The van der Waals surface area contributed by atoms with E-state index in [-0.39, 0.29) is 18.4 Å². The van der Waals surface area contributed by atoms with E-state index in [4.69, 9.17) is 9.15 Å². The minimum atomic E-state index is -0.191. The Bertz CT molecular complexity index is 860. The van der Waals surface area contributed by atoms with E-state index in [1.807, 2.05) is 6.07 Å². The van der Waals surface area contributed by atoms with Gasteiger partial charge in [-0.15, -0.1) is 0 Å². The Hall–Kier alpha value is -2.84. The Labute approximate surface area is 183 Å². The van der Waals surface area contributed by atoms with Crippen LogP contribution >= 0.6 is 0 Å². The number of quaternary nitrogens is 2. The smallest absolute Gasteiger partial charge is 0.277 e. The van der Waals surface area contributed by atoms with Crippen molar-refractivity contribution in [2.24, 2.45) is 0 Å². The highest BCUT2D eigenvalue weighted by Gasteiger charge is 2.27. The predicted molar refractivity (Wildman–Crippen MR) is 116 cm³/mol. The van der Waals surface area contributed by atoms with Crippen molar-refractivity contribution in [1.29, 1.82) is 0 Å². The van der Waals surface area contributed by atoms with E-state index in [0.29, 0.717) is 18.8 Å². The van der Waals surface area contributed by atoms with Gasteiger partial charge in [0.05, 0.1) is 26.5 Å². The first kappa shape index (κ1) is 22.8. The Morgan fingerprint density at radius 2 is 1.90 bits per heavy atom. The molecule has 0 spiro atoms. The van der Waals surface area contributed by atoms with Crippen LogP contribution in [0.5, 0.6) is 5.75 Å². The number of amides is 2. The summed E-state index contributed by atoms with van der Waals surface area (Å²) in [6, 6.07) is 9.87. The van der Waals surface area contributed by atoms with Crippen LogP contribution < -0.4 is 19.9 Å². The van der Waals surface area contributed by atoms with Crippen LogP contribution in [0.4, 0.5) is 0 Å². The van der Waals surface area contributed by atoms with Crippen molar-refractivity contribution in [1.82, 2.24) is 10.2 Å². The molecule has 8 heteroatoms. The zero-order valence-electron chi connectivity index (χ0n) is 18.7. The van der Waals surface area contributed by atoms with Gasteiger partial charge in [0.25, 0.3) is 5.91 Å². The zero-order chi connectivity index (χ0) is 22.2. The van der Waals surface area contributed by atoms with Gasteiger partial charge in [0.15, 0.2) is 6.54 Å². The number of furan rings is 1. The molecule has 1 aromatic heterocycles. The fourth-order valence-corrected chi connectivity index (χ4v) is 3.93. The monoisotopic (exact) mass is 430 g/mol. The Morgan fingerprint density at radius 1 is 1.16 bits per heavy atom. The van der Waals surface area contributed by atoms with Gasteiger partial charge >= 0.3 is 0 Å². The summed E-state index contributed by atoms with van der Waals surface area (Å²) < 4.78 is 10.7. The number of methoxy groups -OCH3 is 1. The number of nitrogens with zero attached hydrogens (tertiary/aromatic N) is 1. The van der Waals surface area contributed by atoms with Crippen molar-refractivity contribution < 1.29 is 28.5 Å². The van der Waals surface area contributed by atoms with Crippen LogP contribution in [0, 0.1) is 6.92 Å². The standard InChI is InChI=1S/C23H32N4O4/c1-18-6-7-21(30-3)19(13-18)15-26-8-10-27(11-9-26)17-23(29)25(2)16-22(28)24-14-20-5-4-12-31-20/h4-7,12-13H,8-11,14-17H2,1-3H3,(H,24,28)/p+2. The normalized spacial score (nSPS) is 18.4. The van der Waals surface area contributed by atoms with Gasteiger partial charge in [0.1, 0.15) is 44.2 Å². The molecule has 168 valence electrons. The second-order valence-electron chi connectivity index (χ2n) is 8.27. The van der Waals surface area contributed by atoms with Crippen LogP contribution in [-0.2, 0) is 22.7 Å². The molecule has 0 radical (unpaired) electrons. The number of rotatable bonds is 9. The third kappa shape index (κ3) is 6.83. The first-order chi connectivity index (χ1) is 14.9. The van der Waals surface area contributed by atoms with Crippen LogP contribution in [0.2, 0.25) is 0 Å². The van der Waals surface area contributed by atoms with Crippen molar-refractivity contribution in [3.63, 3.8) is 0 Å². The first-order valence-electron chi connectivity index (χ1n) is 10.8. The van der Waals surface area contributed by atoms with E-state index < -0.39 is 0 Å². The molecule has 8 nitrogen and oxygen atoms in total. The topological polar surface area (TPSA) is 80.7 Å². The lowest BCUT2D eigenvalue weighted by molar-refractivity contribution is -1.02. The third-order valence-electron chi connectivity index (χ3n) is 5.79. The molecule has 1 aromatic carbocycles. The Morgan fingerprint density at radius 3 is 2.58 bits per heavy atom. The molecule has 2 heterocycles. The lowest BCUT2D eigenvalue weighted by Crippen LogP contribution is -3.28. The van der Waals surface area contributed by atoms with Gasteiger partial charge in [0.2, 0.25) is 5.91 Å². The van der Waals surface area contributed by atoms with Crippen LogP contribution in [-0.4, -0.2) is 70.1 Å². The lowest BCUT2D eigenvalue weighted by atomic mass is 10.1. The number of benzene rings is 1. The Kier molecular flexibility index (Phi) is 8.08. The molecular weight excluding hydrogens is 396 g/mol. The molecule has 2 aromatic rings. The zero-order valence-corrected chi connectivity index (χ0v) is 18.7. The second-order valence-corrected chi connectivity index (χ2v) is 8.27. The molecular formula is C23H34N4O4+2. The number of piperazine rings is 1. The largest absolute Gasteiger partial charge is 0.496 e. The van der Waals surface area contributed by atoms with E-state index in [2.05, 4.69) is 24.4 Å². The third-order valence-corrected chi connectivity index (χ3v) is 5.79. The molecule has 1 aliphatic rings. The quantitative estimate of drug-likeness (QED) is 0.460. The minimum Gasteiger partial charge on any atom is -0.496 e.